The number of hydrogen-bond acceptors (Lipinski definition) is 10. The molecule has 4 amide bonds. The van der Waals surface area contributed by atoms with Crippen LogP contribution in [0.2, 0.25) is 0 Å². The molecule has 7 rings (SSSR count). The highest BCUT2D eigenvalue weighted by Gasteiger charge is 2.79. The molecule has 3 aromatic rings. The highest BCUT2D eigenvalue weighted by Crippen LogP contribution is 2.73. The van der Waals surface area contributed by atoms with Crippen molar-refractivity contribution in [1.29, 1.82) is 0 Å². The van der Waals surface area contributed by atoms with Gasteiger partial charge in [0.05, 0.1) is 29.6 Å². The van der Waals surface area contributed by atoms with Crippen LogP contribution in [-0.4, -0.2) is 89.8 Å². The molecule has 14 nitrogen and oxygen atoms in total. The first kappa shape index (κ1) is 42.2. The largest absolute Gasteiger partial charge is 0.497 e. The maximum atomic E-state index is 14.8. The summed E-state index contributed by atoms with van der Waals surface area (Å²) in [5, 5.41) is 6.43. The van der Waals surface area contributed by atoms with Crippen molar-refractivity contribution >= 4 is 44.7 Å². The highest BCUT2D eigenvalue weighted by atomic mass is 32.2. The number of ether oxygens (including phenoxy) is 3. The summed E-state index contributed by atoms with van der Waals surface area (Å²) in [4.78, 5) is 63.0. The molecule has 3 saturated carbocycles. The highest BCUT2D eigenvalue weighted by molar-refractivity contribution is 7.91. The molecule has 1 aliphatic heterocycles. The van der Waals surface area contributed by atoms with Crippen LogP contribution in [0, 0.1) is 10.8 Å². The molecule has 15 heteroatoms. The van der Waals surface area contributed by atoms with Crippen molar-refractivity contribution in [3.63, 3.8) is 0 Å². The van der Waals surface area contributed by atoms with Gasteiger partial charge < -0.3 is 29.7 Å². The van der Waals surface area contributed by atoms with E-state index in [1.165, 1.54) is 4.90 Å². The van der Waals surface area contributed by atoms with Crippen LogP contribution in [0.3, 0.4) is 0 Å². The Morgan fingerprint density at radius 3 is 2.24 bits per heavy atom. The summed E-state index contributed by atoms with van der Waals surface area (Å²) in [5.74, 6) is -0.777. The maximum Gasteiger partial charge on any atom is 0.408 e. The van der Waals surface area contributed by atoms with Gasteiger partial charge in [0.1, 0.15) is 40.8 Å². The van der Waals surface area contributed by atoms with Crippen molar-refractivity contribution in [2.75, 3.05) is 13.7 Å². The van der Waals surface area contributed by atoms with E-state index in [1.54, 1.807) is 54.7 Å². The fraction of sp³-hybridized carbons (Fsp3) is 0.568. The van der Waals surface area contributed by atoms with Crippen LogP contribution >= 0.6 is 0 Å². The number of fused-ring (bicyclic) bond motifs is 1. The molecule has 1 aromatic heterocycles. The summed E-state index contributed by atoms with van der Waals surface area (Å²) in [6, 6.07) is 14.7. The number of amides is 4. The number of pyridine rings is 1. The van der Waals surface area contributed by atoms with Crippen LogP contribution in [0.15, 0.2) is 54.6 Å². The molecule has 2 heterocycles. The van der Waals surface area contributed by atoms with Crippen molar-refractivity contribution in [2.24, 2.45) is 10.8 Å². The lowest BCUT2D eigenvalue weighted by atomic mass is 9.85. The minimum absolute atomic E-state index is 0.0294. The Bertz CT molecular complexity index is 2260. The Morgan fingerprint density at radius 1 is 0.966 bits per heavy atom. The number of nitrogens with one attached hydrogen (secondary N) is 3. The van der Waals surface area contributed by atoms with Gasteiger partial charge in [0.2, 0.25) is 21.8 Å². The zero-order valence-electron chi connectivity index (χ0n) is 35.3. The summed E-state index contributed by atoms with van der Waals surface area (Å²) in [5.41, 5.74) is -1.50. The van der Waals surface area contributed by atoms with E-state index in [0.29, 0.717) is 73.0 Å². The van der Waals surface area contributed by atoms with Crippen molar-refractivity contribution in [2.45, 2.75) is 134 Å². The van der Waals surface area contributed by atoms with E-state index in [2.05, 4.69) is 15.4 Å². The van der Waals surface area contributed by atoms with Crippen LogP contribution in [-0.2, 0) is 29.1 Å². The van der Waals surface area contributed by atoms with Crippen molar-refractivity contribution in [3.05, 3.63) is 54.6 Å². The average molecular weight is 832 g/mol. The first-order valence-electron chi connectivity index (χ1n) is 20.6. The smallest absolute Gasteiger partial charge is 0.408 e. The lowest BCUT2D eigenvalue weighted by Crippen LogP contribution is -2.60. The molecule has 1 spiro atoms. The Labute approximate surface area is 346 Å². The van der Waals surface area contributed by atoms with Gasteiger partial charge in [-0.2, -0.15) is 0 Å². The maximum absolute atomic E-state index is 14.8. The molecule has 3 aliphatic carbocycles. The molecule has 4 aliphatic rings. The van der Waals surface area contributed by atoms with Gasteiger partial charge in [0.15, 0.2) is 0 Å². The molecule has 4 atom stereocenters. The topological polar surface area (TPSA) is 182 Å². The molecule has 0 unspecified atom stereocenters. The molecular formula is C44H57N5O9S. The fourth-order valence-corrected chi connectivity index (χ4v) is 10.3. The summed E-state index contributed by atoms with van der Waals surface area (Å²) < 4.78 is 46.3. The van der Waals surface area contributed by atoms with Gasteiger partial charge in [-0.3, -0.25) is 19.1 Å². The van der Waals surface area contributed by atoms with Crippen molar-refractivity contribution in [1.82, 2.24) is 25.2 Å². The lowest BCUT2D eigenvalue weighted by Gasteiger charge is -2.36. The molecule has 3 N–H and O–H groups in total. The second kappa shape index (κ2) is 15.0. The molecule has 0 bridgehead atoms. The third-order valence-electron chi connectivity index (χ3n) is 12.2. The van der Waals surface area contributed by atoms with Gasteiger partial charge in [-0.1, -0.05) is 64.4 Å². The third kappa shape index (κ3) is 8.31. The van der Waals surface area contributed by atoms with Crippen LogP contribution in [0.5, 0.6) is 11.5 Å². The number of carbonyl (C=O) groups is 4. The molecule has 4 fully saturated rings. The van der Waals surface area contributed by atoms with Crippen molar-refractivity contribution < 1.29 is 41.8 Å². The Hall–Kier alpha value is -4.92. The minimum atomic E-state index is -4.00. The number of hydrogen-bond donors (Lipinski definition) is 3. The number of benzene rings is 2. The summed E-state index contributed by atoms with van der Waals surface area (Å²) in [6.45, 7) is 12.5. The van der Waals surface area contributed by atoms with Gasteiger partial charge in [0.25, 0.3) is 5.91 Å². The van der Waals surface area contributed by atoms with Gasteiger partial charge in [-0.15, -0.1) is 0 Å². The van der Waals surface area contributed by atoms with E-state index in [-0.39, 0.29) is 13.0 Å². The van der Waals surface area contributed by atoms with Gasteiger partial charge in [-0.25, -0.2) is 18.2 Å². The van der Waals surface area contributed by atoms with E-state index in [4.69, 9.17) is 19.2 Å². The number of nitrogens with zero attached hydrogens (tertiary/aromatic N) is 2. The van der Waals surface area contributed by atoms with Crippen molar-refractivity contribution in [3.8, 4) is 22.8 Å². The first-order chi connectivity index (χ1) is 27.7. The zero-order chi connectivity index (χ0) is 42.8. The predicted octanol–water partition coefficient (Wildman–Crippen LogP) is 6.02. The molecule has 59 heavy (non-hydrogen) atoms. The standard InChI is InChI=1S/C44H57N5O9S/c1-9-17-43(20-21-43)59(54,55)48-38(52)44(26-42(44)18-19-42)47-36(50)33-23-29(25-49(33)37(51)35(40(2,3)4)46-39(53)58-41(5,6)7)57-34-24-31(27-13-11-10-12-14-27)45-32-22-28(56-8)15-16-30(32)34/h10-16,22,24,29,33,35H,9,17-21,23,25-26H2,1-8H3,(H,46,53)(H,47,50)(H,48,52)/t29-,33+,35-,44-/m1/s1. The summed E-state index contributed by atoms with van der Waals surface area (Å²) in [6.07, 6.45) is 2.24. The van der Waals surface area contributed by atoms with Crippen LogP contribution in [0.1, 0.15) is 99.8 Å². The monoisotopic (exact) mass is 831 g/mol. The Balaban J connectivity index is 1.21. The number of methoxy groups -OCH3 is 1. The van der Waals surface area contributed by atoms with Crippen LogP contribution < -0.4 is 24.8 Å². The van der Waals surface area contributed by atoms with E-state index >= 15 is 0 Å². The number of rotatable bonds is 13. The number of sulfonamides is 1. The zero-order valence-corrected chi connectivity index (χ0v) is 36.1. The fourth-order valence-electron chi connectivity index (χ4n) is 8.58. The number of alkyl carbamates (subject to hydrolysis) is 1. The minimum Gasteiger partial charge on any atom is -0.497 e. The van der Waals surface area contributed by atoms with E-state index < -0.39 is 78.7 Å². The molecule has 318 valence electrons. The first-order valence-corrected chi connectivity index (χ1v) is 22.0. The molecule has 0 radical (unpaired) electrons. The SMILES string of the molecule is CCCC1(S(=O)(=O)NC(=O)[C@]2(NC(=O)[C@@H]3C[C@@H](Oc4cc(-c5ccccc5)nc5cc(OC)ccc45)CN3C(=O)[C@@H](NC(=O)OC(C)(C)C)C(C)(C)C)CC23CC3)CC1. The quantitative estimate of drug-likeness (QED) is 0.184. The summed E-state index contributed by atoms with van der Waals surface area (Å²) >= 11 is 0. The third-order valence-corrected chi connectivity index (χ3v) is 14.4. The average Bonchev–Trinajstić information content (AvgIpc) is 4.12. The lowest BCUT2D eigenvalue weighted by molar-refractivity contribution is -0.143. The normalized spacial score (nSPS) is 23.2. The summed E-state index contributed by atoms with van der Waals surface area (Å²) in [7, 11) is -2.42. The van der Waals surface area contributed by atoms with E-state index in [1.807, 2.05) is 55.5 Å². The second-order valence-corrected chi connectivity index (χ2v) is 21.0. The number of likely N-dealkylation sites (tertiary alicyclic amines) is 1. The Kier molecular flexibility index (Phi) is 10.7. The molecule has 1 saturated heterocycles. The van der Waals surface area contributed by atoms with Gasteiger partial charge in [0, 0.05) is 34.9 Å². The number of carbonyl (C=O) groups excluding carboxylic acids is 4. The number of aromatic nitrogens is 1. The molecular weight excluding hydrogens is 775 g/mol. The Morgan fingerprint density at radius 2 is 1.66 bits per heavy atom. The molecule has 2 aromatic carbocycles. The van der Waals surface area contributed by atoms with E-state index in [0.717, 1.165) is 5.56 Å². The second-order valence-electron chi connectivity index (χ2n) is 18.9. The predicted molar refractivity (Wildman–Crippen MR) is 222 cm³/mol. The van der Waals surface area contributed by atoms with Crippen LogP contribution in [0.25, 0.3) is 22.2 Å². The van der Waals surface area contributed by atoms with E-state index in [9.17, 15) is 27.6 Å². The van der Waals surface area contributed by atoms with Crippen LogP contribution in [0.4, 0.5) is 4.79 Å². The van der Waals surface area contributed by atoms with Gasteiger partial charge >= 0.3 is 6.09 Å². The van der Waals surface area contributed by atoms with Gasteiger partial charge in [-0.05, 0) is 76.8 Å².